The van der Waals surface area contributed by atoms with Gasteiger partial charge in [-0.3, -0.25) is 5.43 Å². The highest BCUT2D eigenvalue weighted by atomic mass is 79.9. The second-order valence-corrected chi connectivity index (χ2v) is 5.79. The first-order chi connectivity index (χ1) is 10.1. The molecule has 1 N–H and O–H groups in total. The fraction of sp³-hybridized carbons (Fsp3) is 0.133. The van der Waals surface area contributed by atoms with Crippen LogP contribution in [0.1, 0.15) is 12.5 Å². The lowest BCUT2D eigenvalue weighted by Gasteiger charge is -2.06. The standard InChI is InChI=1S/C15H13BrCl2N2O/c1-2-21-15-6-3-10(7-12(15)16)9-19-20-11-4-5-13(17)14(18)8-11/h3-9,20H,2H2,1H3. The molecule has 0 unspecified atom stereocenters. The van der Waals surface area contributed by atoms with Crippen molar-refractivity contribution in [3.05, 3.63) is 56.5 Å². The summed E-state index contributed by atoms with van der Waals surface area (Å²) >= 11 is 15.3. The number of ether oxygens (including phenoxy) is 1. The van der Waals surface area contributed by atoms with Crippen molar-refractivity contribution in [2.24, 2.45) is 5.10 Å². The first-order valence-electron chi connectivity index (χ1n) is 6.26. The molecule has 110 valence electrons. The number of hydrazone groups is 1. The third kappa shape index (κ3) is 4.63. The van der Waals surface area contributed by atoms with Gasteiger partial charge in [0, 0.05) is 0 Å². The molecule has 0 aromatic heterocycles. The summed E-state index contributed by atoms with van der Waals surface area (Å²) in [5.41, 5.74) is 4.61. The van der Waals surface area contributed by atoms with Gasteiger partial charge in [-0.05, 0) is 64.8 Å². The zero-order valence-corrected chi connectivity index (χ0v) is 14.3. The average Bonchev–Trinajstić information content (AvgIpc) is 2.46. The van der Waals surface area contributed by atoms with Crippen molar-refractivity contribution in [1.29, 1.82) is 0 Å². The van der Waals surface area contributed by atoms with Gasteiger partial charge in [-0.25, -0.2) is 0 Å². The van der Waals surface area contributed by atoms with E-state index in [9.17, 15) is 0 Å². The van der Waals surface area contributed by atoms with Crippen molar-refractivity contribution in [3.63, 3.8) is 0 Å². The van der Waals surface area contributed by atoms with Crippen LogP contribution in [0.2, 0.25) is 10.0 Å². The summed E-state index contributed by atoms with van der Waals surface area (Å²) in [5.74, 6) is 0.812. The molecule has 0 aliphatic rings. The third-order valence-corrected chi connectivity index (χ3v) is 3.94. The molecule has 6 heteroatoms. The Morgan fingerprint density at radius 2 is 2.00 bits per heavy atom. The molecule has 0 bridgehead atoms. The van der Waals surface area contributed by atoms with Crippen LogP contribution in [0, 0.1) is 0 Å². The van der Waals surface area contributed by atoms with Crippen LogP contribution in [0.5, 0.6) is 5.75 Å². The summed E-state index contributed by atoms with van der Waals surface area (Å²) in [6, 6.07) is 11.0. The largest absolute Gasteiger partial charge is 0.493 e. The number of hydrogen-bond donors (Lipinski definition) is 1. The van der Waals surface area contributed by atoms with Crippen molar-refractivity contribution < 1.29 is 4.74 Å². The second-order valence-electron chi connectivity index (χ2n) is 4.12. The first kappa shape index (κ1) is 16.1. The number of rotatable bonds is 5. The Morgan fingerprint density at radius 3 is 2.67 bits per heavy atom. The van der Waals surface area contributed by atoms with E-state index in [4.69, 9.17) is 27.9 Å². The number of halogens is 3. The van der Waals surface area contributed by atoms with Crippen LogP contribution in [0.25, 0.3) is 0 Å². The molecule has 0 atom stereocenters. The Labute approximate surface area is 142 Å². The molecule has 2 aromatic rings. The van der Waals surface area contributed by atoms with Gasteiger partial charge in [0.2, 0.25) is 0 Å². The third-order valence-electron chi connectivity index (χ3n) is 2.58. The predicted molar refractivity (Wildman–Crippen MR) is 93.0 cm³/mol. The van der Waals surface area contributed by atoms with Gasteiger partial charge in [0.15, 0.2) is 0 Å². The van der Waals surface area contributed by atoms with Gasteiger partial charge in [-0.2, -0.15) is 5.10 Å². The first-order valence-corrected chi connectivity index (χ1v) is 7.81. The summed E-state index contributed by atoms with van der Waals surface area (Å²) in [7, 11) is 0. The molecule has 3 nitrogen and oxygen atoms in total. The van der Waals surface area contributed by atoms with Crippen LogP contribution in [0.15, 0.2) is 46.0 Å². The molecule has 0 saturated heterocycles. The molecule has 0 fully saturated rings. The van der Waals surface area contributed by atoms with Gasteiger partial charge in [0.05, 0.1) is 33.0 Å². The minimum atomic E-state index is 0.487. The Balaban J connectivity index is 2.04. The lowest BCUT2D eigenvalue weighted by atomic mass is 10.2. The van der Waals surface area contributed by atoms with Crippen molar-refractivity contribution >= 4 is 51.0 Å². The summed E-state index contributed by atoms with van der Waals surface area (Å²) < 4.78 is 6.35. The van der Waals surface area contributed by atoms with Gasteiger partial charge in [0.1, 0.15) is 5.75 Å². The smallest absolute Gasteiger partial charge is 0.133 e. The lowest BCUT2D eigenvalue weighted by Crippen LogP contribution is -1.94. The molecule has 0 spiro atoms. The summed E-state index contributed by atoms with van der Waals surface area (Å²) in [6.07, 6.45) is 1.71. The normalized spacial score (nSPS) is 10.9. The molecule has 21 heavy (non-hydrogen) atoms. The maximum absolute atomic E-state index is 5.93. The molecule has 0 aliphatic heterocycles. The Morgan fingerprint density at radius 1 is 1.19 bits per heavy atom. The maximum Gasteiger partial charge on any atom is 0.133 e. The van der Waals surface area contributed by atoms with E-state index >= 15 is 0 Å². The molecule has 0 saturated carbocycles. The molecular weight excluding hydrogens is 375 g/mol. The van der Waals surface area contributed by atoms with Crippen molar-refractivity contribution in [1.82, 2.24) is 0 Å². The summed E-state index contributed by atoms with van der Waals surface area (Å²) in [6.45, 7) is 2.58. The van der Waals surface area contributed by atoms with Gasteiger partial charge >= 0.3 is 0 Å². The van der Waals surface area contributed by atoms with E-state index in [1.54, 1.807) is 24.4 Å². The Hall–Kier alpha value is -1.23. The van der Waals surface area contributed by atoms with E-state index in [1.165, 1.54) is 0 Å². The number of benzene rings is 2. The Bertz CT molecular complexity index is 662. The van der Waals surface area contributed by atoms with Crippen LogP contribution in [-0.2, 0) is 0 Å². The highest BCUT2D eigenvalue weighted by Gasteiger charge is 2.01. The number of anilines is 1. The van der Waals surface area contributed by atoms with Crippen molar-refractivity contribution in [2.75, 3.05) is 12.0 Å². The fourth-order valence-corrected chi connectivity index (χ4v) is 2.43. The average molecular weight is 388 g/mol. The summed E-state index contributed by atoms with van der Waals surface area (Å²) in [5, 5.41) is 5.16. The van der Waals surface area contributed by atoms with E-state index in [-0.39, 0.29) is 0 Å². The van der Waals surface area contributed by atoms with Crippen molar-refractivity contribution in [2.45, 2.75) is 6.92 Å². The SMILES string of the molecule is CCOc1ccc(C=NNc2ccc(Cl)c(Cl)c2)cc1Br. The van der Waals surface area contributed by atoms with Crippen LogP contribution in [0.4, 0.5) is 5.69 Å². The number of hydrogen-bond acceptors (Lipinski definition) is 3. The molecule has 0 radical (unpaired) electrons. The monoisotopic (exact) mass is 386 g/mol. The lowest BCUT2D eigenvalue weighted by molar-refractivity contribution is 0.338. The molecule has 0 amide bonds. The van der Waals surface area contributed by atoms with Gasteiger partial charge in [-0.15, -0.1) is 0 Å². The molecule has 2 aromatic carbocycles. The van der Waals surface area contributed by atoms with Crippen LogP contribution < -0.4 is 10.2 Å². The highest BCUT2D eigenvalue weighted by molar-refractivity contribution is 9.10. The van der Waals surface area contributed by atoms with E-state index in [2.05, 4.69) is 26.5 Å². The maximum atomic E-state index is 5.93. The Kier molecular flexibility index (Phi) is 5.91. The molecule has 0 aliphatic carbocycles. The fourth-order valence-electron chi connectivity index (χ4n) is 1.62. The number of nitrogens with zero attached hydrogens (tertiary/aromatic N) is 1. The van der Waals surface area contributed by atoms with E-state index in [0.717, 1.165) is 21.5 Å². The van der Waals surface area contributed by atoms with E-state index in [1.807, 2.05) is 25.1 Å². The summed E-state index contributed by atoms with van der Waals surface area (Å²) in [4.78, 5) is 0. The predicted octanol–water partition coefficient (Wildman–Crippen LogP) is 5.60. The van der Waals surface area contributed by atoms with Gasteiger partial charge in [0.25, 0.3) is 0 Å². The zero-order valence-electron chi connectivity index (χ0n) is 11.2. The minimum absolute atomic E-state index is 0.487. The van der Waals surface area contributed by atoms with E-state index in [0.29, 0.717) is 16.7 Å². The highest BCUT2D eigenvalue weighted by Crippen LogP contribution is 2.26. The molecule has 0 heterocycles. The van der Waals surface area contributed by atoms with Crippen LogP contribution in [-0.4, -0.2) is 12.8 Å². The van der Waals surface area contributed by atoms with Crippen molar-refractivity contribution in [3.8, 4) is 5.75 Å². The van der Waals surface area contributed by atoms with Gasteiger partial charge in [-0.1, -0.05) is 23.2 Å². The molecular formula is C15H13BrCl2N2O. The number of nitrogens with one attached hydrogen (secondary N) is 1. The minimum Gasteiger partial charge on any atom is -0.493 e. The van der Waals surface area contributed by atoms with Gasteiger partial charge < -0.3 is 4.74 Å². The van der Waals surface area contributed by atoms with Crippen LogP contribution in [0.3, 0.4) is 0 Å². The zero-order chi connectivity index (χ0) is 15.2. The van der Waals surface area contributed by atoms with E-state index < -0.39 is 0 Å². The topological polar surface area (TPSA) is 33.6 Å². The van der Waals surface area contributed by atoms with Crippen LogP contribution >= 0.6 is 39.1 Å². The quantitative estimate of drug-likeness (QED) is 0.535. The molecule has 2 rings (SSSR count). The second kappa shape index (κ2) is 7.69.